The molecule has 0 radical (unpaired) electrons. The van der Waals surface area contributed by atoms with E-state index in [0.29, 0.717) is 27.4 Å². The lowest BCUT2D eigenvalue weighted by Crippen LogP contribution is -2.32. The molecule has 134 valence electrons. The molecule has 0 unspecified atom stereocenters. The van der Waals surface area contributed by atoms with Gasteiger partial charge in [0.05, 0.1) is 17.1 Å². The fraction of sp³-hybridized carbons (Fsp3) is 0.0500. The molecule has 0 atom stereocenters. The van der Waals surface area contributed by atoms with Crippen LogP contribution in [0.2, 0.25) is 5.02 Å². The van der Waals surface area contributed by atoms with Crippen LogP contribution in [0.5, 0.6) is 0 Å². The Bertz CT molecular complexity index is 1300. The van der Waals surface area contributed by atoms with Gasteiger partial charge in [0.2, 0.25) is 0 Å². The van der Waals surface area contributed by atoms with Crippen LogP contribution in [0.15, 0.2) is 73.7 Å². The summed E-state index contributed by atoms with van der Waals surface area (Å²) in [7, 11) is 0. The molecule has 2 aromatic heterocycles. The van der Waals surface area contributed by atoms with Crippen molar-refractivity contribution in [2.24, 2.45) is 5.10 Å². The molecule has 0 fully saturated rings. The van der Waals surface area contributed by atoms with E-state index in [9.17, 15) is 9.59 Å². The number of aryl methyl sites for hydroxylation is 1. The molecule has 0 aliphatic heterocycles. The van der Waals surface area contributed by atoms with Crippen LogP contribution < -0.4 is 11.2 Å². The predicted molar refractivity (Wildman–Crippen MR) is 106 cm³/mol. The first-order chi connectivity index (χ1) is 13.0. The second-order valence-electron chi connectivity index (χ2n) is 6.00. The van der Waals surface area contributed by atoms with E-state index in [0.717, 1.165) is 15.8 Å². The standard InChI is InChI=1S/C20H14ClN3O3/c1-12-6-7-13(10-16(12)21)18-9-8-14(27-18)11-22-24-19(25)15-4-2-3-5-17(15)23-20(24)26/h2-11H,1H3,(H,23,26). The fourth-order valence-corrected chi connectivity index (χ4v) is 2.88. The predicted octanol–water partition coefficient (Wildman–Crippen LogP) is 3.79. The Morgan fingerprint density at radius 2 is 1.93 bits per heavy atom. The van der Waals surface area contributed by atoms with Crippen LogP contribution in [0.1, 0.15) is 11.3 Å². The summed E-state index contributed by atoms with van der Waals surface area (Å²) in [6.45, 7) is 1.92. The maximum absolute atomic E-state index is 12.5. The number of furan rings is 1. The summed E-state index contributed by atoms with van der Waals surface area (Å²) in [4.78, 5) is 27.2. The van der Waals surface area contributed by atoms with E-state index in [-0.39, 0.29) is 0 Å². The minimum absolute atomic E-state index is 0.378. The van der Waals surface area contributed by atoms with Crippen LogP contribution in [0.4, 0.5) is 0 Å². The smallest absolute Gasteiger partial charge is 0.349 e. The molecule has 4 rings (SSSR count). The molecule has 4 aromatic rings. The highest BCUT2D eigenvalue weighted by Crippen LogP contribution is 2.26. The third kappa shape index (κ3) is 3.22. The number of aromatic amines is 1. The van der Waals surface area contributed by atoms with Crippen molar-refractivity contribution in [2.45, 2.75) is 6.92 Å². The molecule has 27 heavy (non-hydrogen) atoms. The van der Waals surface area contributed by atoms with Crippen molar-refractivity contribution in [2.75, 3.05) is 0 Å². The molecule has 6 nitrogen and oxygen atoms in total. The maximum Gasteiger partial charge on any atom is 0.349 e. The zero-order valence-corrected chi connectivity index (χ0v) is 15.0. The van der Waals surface area contributed by atoms with Gasteiger partial charge in [0.1, 0.15) is 11.5 Å². The molecule has 0 saturated heterocycles. The molecule has 0 bridgehead atoms. The van der Waals surface area contributed by atoms with Gasteiger partial charge in [-0.05, 0) is 42.8 Å². The fourth-order valence-electron chi connectivity index (χ4n) is 2.70. The summed E-state index contributed by atoms with van der Waals surface area (Å²) in [5, 5.41) is 5.01. The first-order valence-corrected chi connectivity index (χ1v) is 8.55. The molecular weight excluding hydrogens is 366 g/mol. The highest BCUT2D eigenvalue weighted by atomic mass is 35.5. The summed E-state index contributed by atoms with van der Waals surface area (Å²) in [5.74, 6) is 1.01. The third-order valence-electron chi connectivity index (χ3n) is 4.17. The summed E-state index contributed by atoms with van der Waals surface area (Å²) >= 11 is 6.15. The van der Waals surface area contributed by atoms with Gasteiger partial charge in [-0.15, -0.1) is 4.68 Å². The third-order valence-corrected chi connectivity index (χ3v) is 4.57. The van der Waals surface area contributed by atoms with Crippen molar-refractivity contribution in [3.63, 3.8) is 0 Å². The average Bonchev–Trinajstić information content (AvgIpc) is 3.13. The number of nitrogens with one attached hydrogen (secondary N) is 1. The van der Waals surface area contributed by atoms with E-state index in [1.165, 1.54) is 6.21 Å². The van der Waals surface area contributed by atoms with Gasteiger partial charge in [0.25, 0.3) is 5.56 Å². The Balaban J connectivity index is 1.69. The van der Waals surface area contributed by atoms with Crippen LogP contribution in [0, 0.1) is 6.92 Å². The molecule has 0 aliphatic rings. The number of nitrogens with zero attached hydrogens (tertiary/aromatic N) is 2. The zero-order valence-electron chi connectivity index (χ0n) is 14.3. The van der Waals surface area contributed by atoms with Crippen molar-refractivity contribution in [3.05, 3.63) is 91.8 Å². The van der Waals surface area contributed by atoms with Crippen LogP contribution >= 0.6 is 11.6 Å². The summed E-state index contributed by atoms with van der Waals surface area (Å²) < 4.78 is 6.49. The summed E-state index contributed by atoms with van der Waals surface area (Å²) in [6.07, 6.45) is 1.32. The van der Waals surface area contributed by atoms with Crippen molar-refractivity contribution in [1.29, 1.82) is 0 Å². The van der Waals surface area contributed by atoms with Gasteiger partial charge >= 0.3 is 5.69 Å². The normalized spacial score (nSPS) is 11.5. The van der Waals surface area contributed by atoms with Gasteiger partial charge in [0, 0.05) is 10.6 Å². The average molecular weight is 380 g/mol. The van der Waals surface area contributed by atoms with E-state index in [4.69, 9.17) is 16.0 Å². The lowest BCUT2D eigenvalue weighted by molar-refractivity contribution is 0.573. The highest BCUT2D eigenvalue weighted by molar-refractivity contribution is 6.31. The summed E-state index contributed by atoms with van der Waals surface area (Å²) in [5.41, 5.74) is 1.15. The summed E-state index contributed by atoms with van der Waals surface area (Å²) in [6, 6.07) is 15.9. The monoisotopic (exact) mass is 379 g/mol. The molecule has 7 heteroatoms. The Labute approximate surface area is 158 Å². The number of hydrogen-bond acceptors (Lipinski definition) is 4. The van der Waals surface area contributed by atoms with E-state index in [1.807, 2.05) is 25.1 Å². The lowest BCUT2D eigenvalue weighted by Gasteiger charge is -2.01. The SMILES string of the molecule is Cc1ccc(-c2ccc(C=Nn3c(=O)[nH]c4ccccc4c3=O)o2)cc1Cl. The number of benzene rings is 2. The molecular formula is C20H14ClN3O3. The van der Waals surface area contributed by atoms with E-state index < -0.39 is 11.2 Å². The molecule has 0 aliphatic carbocycles. The number of halogens is 1. The van der Waals surface area contributed by atoms with Crippen LogP contribution in [-0.4, -0.2) is 15.9 Å². The molecule has 2 heterocycles. The molecule has 0 spiro atoms. The quantitative estimate of drug-likeness (QED) is 0.550. The van der Waals surface area contributed by atoms with Gasteiger partial charge in [-0.3, -0.25) is 4.79 Å². The van der Waals surface area contributed by atoms with Crippen LogP contribution in [-0.2, 0) is 0 Å². The maximum atomic E-state index is 12.5. The Morgan fingerprint density at radius 1 is 1.11 bits per heavy atom. The topological polar surface area (TPSA) is 80.4 Å². The van der Waals surface area contributed by atoms with Gasteiger partial charge in [0.15, 0.2) is 0 Å². The van der Waals surface area contributed by atoms with Crippen molar-refractivity contribution in [1.82, 2.24) is 9.66 Å². The Kier molecular flexibility index (Phi) is 4.25. The van der Waals surface area contributed by atoms with Crippen molar-refractivity contribution in [3.8, 4) is 11.3 Å². The highest BCUT2D eigenvalue weighted by Gasteiger charge is 2.08. The molecule has 2 aromatic carbocycles. The first kappa shape index (κ1) is 17.1. The van der Waals surface area contributed by atoms with Crippen LogP contribution in [0.3, 0.4) is 0 Å². The van der Waals surface area contributed by atoms with Gasteiger partial charge in [-0.25, -0.2) is 4.79 Å². The molecule has 1 N–H and O–H groups in total. The number of fused-ring (bicyclic) bond motifs is 1. The number of aromatic nitrogens is 2. The minimum atomic E-state index is -0.618. The van der Waals surface area contributed by atoms with Gasteiger partial charge in [-0.1, -0.05) is 35.9 Å². The number of para-hydroxylation sites is 1. The largest absolute Gasteiger partial charge is 0.455 e. The number of hydrogen-bond donors (Lipinski definition) is 1. The van der Waals surface area contributed by atoms with E-state index in [1.54, 1.807) is 36.4 Å². The minimum Gasteiger partial charge on any atom is -0.455 e. The first-order valence-electron chi connectivity index (χ1n) is 8.18. The lowest BCUT2D eigenvalue weighted by atomic mass is 10.1. The Hall–Kier alpha value is -3.38. The molecule has 0 saturated carbocycles. The second kappa shape index (κ2) is 6.74. The molecule has 0 amide bonds. The number of H-pyrrole nitrogens is 1. The van der Waals surface area contributed by atoms with Crippen LogP contribution in [0.25, 0.3) is 22.2 Å². The van der Waals surface area contributed by atoms with E-state index >= 15 is 0 Å². The van der Waals surface area contributed by atoms with Crippen molar-refractivity contribution >= 4 is 28.7 Å². The number of rotatable bonds is 3. The van der Waals surface area contributed by atoms with Gasteiger partial charge < -0.3 is 9.40 Å². The van der Waals surface area contributed by atoms with E-state index in [2.05, 4.69) is 10.1 Å². The Morgan fingerprint density at radius 3 is 2.74 bits per heavy atom. The second-order valence-corrected chi connectivity index (χ2v) is 6.41. The zero-order chi connectivity index (χ0) is 19.0. The van der Waals surface area contributed by atoms with Gasteiger partial charge in [-0.2, -0.15) is 5.10 Å². The van der Waals surface area contributed by atoms with Crippen molar-refractivity contribution < 1.29 is 4.42 Å².